The van der Waals surface area contributed by atoms with Crippen LogP contribution in [0.2, 0.25) is 0 Å². The van der Waals surface area contributed by atoms with Crippen molar-refractivity contribution in [3.8, 4) is 17.6 Å². The maximum atomic E-state index is 12.3. The molecule has 0 atom stereocenters. The molecular weight excluding hydrogens is 422 g/mol. The first-order chi connectivity index (χ1) is 15.9. The van der Waals surface area contributed by atoms with E-state index in [4.69, 9.17) is 14.2 Å². The summed E-state index contributed by atoms with van der Waals surface area (Å²) in [5, 5.41) is 15.9. The number of para-hydroxylation sites is 2. The van der Waals surface area contributed by atoms with Gasteiger partial charge < -0.3 is 24.8 Å². The van der Waals surface area contributed by atoms with Gasteiger partial charge in [-0.1, -0.05) is 18.2 Å². The van der Waals surface area contributed by atoms with Gasteiger partial charge in [-0.05, 0) is 35.9 Å². The predicted molar refractivity (Wildman–Crippen MR) is 119 cm³/mol. The summed E-state index contributed by atoms with van der Waals surface area (Å²) in [6, 6.07) is 16.5. The number of nitriles is 1. The highest BCUT2D eigenvalue weighted by Crippen LogP contribution is 2.35. The third-order valence-electron chi connectivity index (χ3n) is 5.01. The minimum Gasteiger partial charge on any atom is -0.452 e. The zero-order valence-corrected chi connectivity index (χ0v) is 17.9. The predicted octanol–water partition coefficient (Wildman–Crippen LogP) is 4.07. The summed E-state index contributed by atoms with van der Waals surface area (Å²) in [5.41, 5.74) is 2.63. The Kier molecular flexibility index (Phi) is 4.83. The first kappa shape index (κ1) is 20.3. The summed E-state index contributed by atoms with van der Waals surface area (Å²) < 4.78 is 16.7. The summed E-state index contributed by atoms with van der Waals surface area (Å²) in [5.74, 6) is 0.342. The minimum absolute atomic E-state index is 0.257. The molecule has 0 amide bonds. The van der Waals surface area contributed by atoms with Gasteiger partial charge in [-0.3, -0.25) is 0 Å². The molecule has 2 aromatic carbocycles. The number of nitrogens with zero attached hydrogens (tertiary/aromatic N) is 3. The molecule has 1 aromatic heterocycles. The number of fused-ring (bicyclic) bond motifs is 2. The average molecular weight is 441 g/mol. The highest BCUT2D eigenvalue weighted by Gasteiger charge is 2.33. The number of ether oxygens (including phenoxy) is 3. The van der Waals surface area contributed by atoms with Gasteiger partial charge in [-0.15, -0.1) is 0 Å². The summed E-state index contributed by atoms with van der Waals surface area (Å²) in [4.78, 5) is 21.0. The van der Waals surface area contributed by atoms with Crippen LogP contribution in [0.25, 0.3) is 5.57 Å². The van der Waals surface area contributed by atoms with Crippen molar-refractivity contribution in [1.82, 2.24) is 9.97 Å². The van der Waals surface area contributed by atoms with E-state index in [1.807, 2.05) is 30.3 Å². The molecule has 0 saturated heterocycles. The quantitative estimate of drug-likeness (QED) is 0.456. The van der Waals surface area contributed by atoms with Crippen molar-refractivity contribution in [2.75, 3.05) is 10.6 Å². The van der Waals surface area contributed by atoms with Crippen molar-refractivity contribution >= 4 is 23.2 Å². The van der Waals surface area contributed by atoms with E-state index in [0.29, 0.717) is 41.1 Å². The van der Waals surface area contributed by atoms with Crippen molar-refractivity contribution in [2.45, 2.75) is 26.2 Å². The monoisotopic (exact) mass is 441 g/mol. The minimum atomic E-state index is -0.996. The van der Waals surface area contributed by atoms with Crippen LogP contribution in [-0.2, 0) is 11.3 Å². The molecular formula is C24H19N5O4. The zero-order chi connectivity index (χ0) is 23.0. The van der Waals surface area contributed by atoms with Crippen molar-refractivity contribution < 1.29 is 19.0 Å². The molecule has 164 valence electrons. The van der Waals surface area contributed by atoms with Crippen molar-refractivity contribution in [3.05, 3.63) is 77.4 Å². The smallest absolute Gasteiger partial charge is 0.345 e. The van der Waals surface area contributed by atoms with Crippen LogP contribution < -0.4 is 20.1 Å². The van der Waals surface area contributed by atoms with Gasteiger partial charge in [0.15, 0.2) is 5.75 Å². The molecule has 3 aromatic rings. The number of benzene rings is 2. The van der Waals surface area contributed by atoms with E-state index < -0.39 is 11.8 Å². The second kappa shape index (κ2) is 7.84. The summed E-state index contributed by atoms with van der Waals surface area (Å²) >= 11 is 0. The molecule has 0 radical (unpaired) electrons. The zero-order valence-electron chi connectivity index (χ0n) is 17.9. The van der Waals surface area contributed by atoms with Gasteiger partial charge in [-0.2, -0.15) is 5.26 Å². The summed E-state index contributed by atoms with van der Waals surface area (Å²) in [7, 11) is 0. The van der Waals surface area contributed by atoms with E-state index in [9.17, 15) is 10.1 Å². The number of hydrogen-bond acceptors (Lipinski definition) is 9. The molecule has 2 N–H and O–H groups in total. The highest BCUT2D eigenvalue weighted by molar-refractivity contribution is 5.93. The second-order valence-electron chi connectivity index (χ2n) is 7.88. The largest absolute Gasteiger partial charge is 0.452 e. The molecule has 2 aliphatic heterocycles. The lowest BCUT2D eigenvalue weighted by Gasteiger charge is -2.31. The van der Waals surface area contributed by atoms with Gasteiger partial charge in [0.2, 0.25) is 17.6 Å². The first-order valence-corrected chi connectivity index (χ1v) is 10.2. The Labute approximate surface area is 189 Å². The van der Waals surface area contributed by atoms with Gasteiger partial charge >= 0.3 is 5.97 Å². The number of carbonyl (C=O) groups excluding carboxylic acids is 1. The maximum absolute atomic E-state index is 12.3. The fourth-order valence-corrected chi connectivity index (χ4v) is 3.52. The Hall–Kier alpha value is -4.58. The standard InChI is InChI=1S/C24H19N5O4/c1-24(2)32-19-8-7-14(11-15(19)22(30)33-24)13-27-23-26-10-9-17(29-23)16(12-25)21-28-18-5-3-4-6-20(18)31-21/h3-11,28H,13H2,1-2H3,(H,26,27,29). The fourth-order valence-electron chi connectivity index (χ4n) is 3.52. The third kappa shape index (κ3) is 4.02. The van der Waals surface area contributed by atoms with Gasteiger partial charge in [-0.25, -0.2) is 14.8 Å². The molecule has 33 heavy (non-hydrogen) atoms. The Bertz CT molecular complexity index is 1320. The van der Waals surface area contributed by atoms with Crippen LogP contribution in [0.15, 0.2) is 60.6 Å². The van der Waals surface area contributed by atoms with Crippen molar-refractivity contribution in [2.24, 2.45) is 0 Å². The van der Waals surface area contributed by atoms with Crippen molar-refractivity contribution in [1.29, 1.82) is 5.26 Å². The second-order valence-corrected chi connectivity index (χ2v) is 7.88. The number of rotatable bonds is 4. The van der Waals surface area contributed by atoms with Gasteiger partial charge in [0, 0.05) is 26.6 Å². The van der Waals surface area contributed by atoms with E-state index in [0.717, 1.165) is 11.3 Å². The molecule has 5 rings (SSSR count). The molecule has 0 spiro atoms. The Morgan fingerprint density at radius 1 is 1.15 bits per heavy atom. The number of allylic oxidation sites excluding steroid dienone is 1. The van der Waals surface area contributed by atoms with Crippen molar-refractivity contribution in [3.63, 3.8) is 0 Å². The number of anilines is 2. The van der Waals surface area contributed by atoms with Gasteiger partial charge in [0.25, 0.3) is 0 Å². The normalized spacial score (nSPS) is 16.7. The highest BCUT2D eigenvalue weighted by atomic mass is 16.7. The SMILES string of the molecule is CC1(C)OC(=O)c2cc(CNc3nccc(C(C#N)=C4Nc5ccccc5O4)n3)ccc2O1. The van der Waals surface area contributed by atoms with E-state index in [2.05, 4.69) is 26.7 Å². The number of cyclic esters (lactones) is 1. The van der Waals surface area contributed by atoms with E-state index >= 15 is 0 Å². The van der Waals surface area contributed by atoms with E-state index in [-0.39, 0.29) is 5.57 Å². The number of hydrogen-bond donors (Lipinski definition) is 2. The third-order valence-corrected chi connectivity index (χ3v) is 5.01. The van der Waals surface area contributed by atoms with Crippen LogP contribution in [0.3, 0.4) is 0 Å². The molecule has 2 aliphatic rings. The maximum Gasteiger partial charge on any atom is 0.345 e. The lowest BCUT2D eigenvalue weighted by molar-refractivity contribution is -0.127. The molecule has 0 bridgehead atoms. The lowest BCUT2D eigenvalue weighted by atomic mass is 10.1. The summed E-state index contributed by atoms with van der Waals surface area (Å²) in [6.45, 7) is 3.72. The Morgan fingerprint density at radius 2 is 2.00 bits per heavy atom. The van der Waals surface area contributed by atoms with Crippen LogP contribution in [-0.4, -0.2) is 21.7 Å². The van der Waals surface area contributed by atoms with Crippen LogP contribution in [0.1, 0.15) is 35.5 Å². The van der Waals surface area contributed by atoms with Crippen LogP contribution in [0, 0.1) is 11.3 Å². The molecule has 0 aliphatic carbocycles. The van der Waals surface area contributed by atoms with E-state index in [1.165, 1.54) is 0 Å². The Morgan fingerprint density at radius 3 is 2.82 bits per heavy atom. The lowest BCUT2D eigenvalue weighted by Crippen LogP contribution is -2.38. The van der Waals surface area contributed by atoms with E-state index in [1.54, 1.807) is 38.2 Å². The van der Waals surface area contributed by atoms with Crippen LogP contribution in [0.4, 0.5) is 11.6 Å². The fraction of sp³-hybridized carbons (Fsp3) is 0.167. The van der Waals surface area contributed by atoms with Crippen LogP contribution >= 0.6 is 0 Å². The molecule has 9 heteroatoms. The number of nitrogens with one attached hydrogen (secondary N) is 2. The van der Waals surface area contributed by atoms with Crippen LogP contribution in [0.5, 0.6) is 11.5 Å². The van der Waals surface area contributed by atoms with Gasteiger partial charge in [0.05, 0.1) is 11.4 Å². The number of carbonyl (C=O) groups is 1. The van der Waals surface area contributed by atoms with Gasteiger partial charge in [0.1, 0.15) is 23.0 Å². The topological polar surface area (TPSA) is 118 Å². The molecule has 0 saturated carbocycles. The summed E-state index contributed by atoms with van der Waals surface area (Å²) in [6.07, 6.45) is 1.56. The Balaban J connectivity index is 1.34. The number of esters is 1. The molecule has 3 heterocycles. The molecule has 0 unspecified atom stereocenters. The first-order valence-electron chi connectivity index (χ1n) is 10.2. The molecule has 9 nitrogen and oxygen atoms in total. The molecule has 0 fully saturated rings. The average Bonchev–Trinajstić information content (AvgIpc) is 3.22. The number of aromatic nitrogens is 2.